The van der Waals surface area contributed by atoms with E-state index < -0.39 is 0 Å². The van der Waals surface area contributed by atoms with Crippen LogP contribution in [0.4, 0.5) is 4.79 Å². The fourth-order valence-electron chi connectivity index (χ4n) is 2.92. The standard InChI is InChI=1S/C17H21N3O2/c1-11(2)8-9-20-10-13-14(16(20)21)15(19-17(22)18-13)12-6-4-3-5-7-12/h3-7,11,15H,8-10H2,1-2H3,(H2,18,19,22)/t15-/m1/s1. The van der Waals surface area contributed by atoms with Gasteiger partial charge in [0.2, 0.25) is 0 Å². The molecule has 2 N–H and O–H groups in total. The van der Waals surface area contributed by atoms with E-state index in [1.807, 2.05) is 35.2 Å². The van der Waals surface area contributed by atoms with Crippen molar-refractivity contribution in [2.24, 2.45) is 5.92 Å². The van der Waals surface area contributed by atoms with Crippen LogP contribution in [0, 0.1) is 5.92 Å². The lowest BCUT2D eigenvalue weighted by Crippen LogP contribution is -2.44. The van der Waals surface area contributed by atoms with Crippen molar-refractivity contribution >= 4 is 11.9 Å². The highest BCUT2D eigenvalue weighted by molar-refractivity contribution is 6.01. The first-order valence-electron chi connectivity index (χ1n) is 7.71. The molecular weight excluding hydrogens is 278 g/mol. The van der Waals surface area contributed by atoms with E-state index in [1.54, 1.807) is 0 Å². The number of nitrogens with one attached hydrogen (secondary N) is 2. The molecule has 3 rings (SSSR count). The molecule has 0 fully saturated rings. The molecule has 2 heterocycles. The molecule has 0 aliphatic carbocycles. The number of nitrogens with zero attached hydrogens (tertiary/aromatic N) is 1. The summed E-state index contributed by atoms with van der Waals surface area (Å²) >= 11 is 0. The number of hydrogen-bond acceptors (Lipinski definition) is 2. The molecule has 5 heteroatoms. The highest BCUT2D eigenvalue weighted by atomic mass is 16.2. The summed E-state index contributed by atoms with van der Waals surface area (Å²) in [6.07, 6.45) is 0.962. The minimum absolute atomic E-state index is 0.0250. The molecular formula is C17H21N3O2. The van der Waals surface area contributed by atoms with Gasteiger partial charge in [0.15, 0.2) is 0 Å². The lowest BCUT2D eigenvalue weighted by molar-refractivity contribution is -0.125. The lowest BCUT2D eigenvalue weighted by atomic mass is 9.96. The van der Waals surface area contributed by atoms with Crippen molar-refractivity contribution in [2.45, 2.75) is 26.3 Å². The van der Waals surface area contributed by atoms with Crippen LogP contribution in [-0.2, 0) is 4.79 Å². The van der Waals surface area contributed by atoms with E-state index in [9.17, 15) is 9.59 Å². The Bertz CT molecular complexity index is 622. The second kappa shape index (κ2) is 5.83. The molecule has 22 heavy (non-hydrogen) atoms. The van der Waals surface area contributed by atoms with E-state index in [1.165, 1.54) is 0 Å². The Labute approximate surface area is 130 Å². The average Bonchev–Trinajstić information content (AvgIpc) is 2.81. The van der Waals surface area contributed by atoms with E-state index in [0.717, 1.165) is 24.2 Å². The molecule has 0 bridgehead atoms. The number of carbonyl (C=O) groups is 2. The van der Waals surface area contributed by atoms with Crippen LogP contribution < -0.4 is 10.6 Å². The number of rotatable bonds is 4. The van der Waals surface area contributed by atoms with Crippen molar-refractivity contribution in [1.82, 2.24) is 15.5 Å². The Morgan fingerprint density at radius 1 is 1.23 bits per heavy atom. The third-order valence-corrected chi connectivity index (χ3v) is 4.13. The van der Waals surface area contributed by atoms with Gasteiger partial charge >= 0.3 is 6.03 Å². The molecule has 1 aromatic carbocycles. The summed E-state index contributed by atoms with van der Waals surface area (Å²) in [5.41, 5.74) is 2.35. The average molecular weight is 299 g/mol. The van der Waals surface area contributed by atoms with Crippen molar-refractivity contribution < 1.29 is 9.59 Å². The fourth-order valence-corrected chi connectivity index (χ4v) is 2.92. The predicted molar refractivity (Wildman–Crippen MR) is 83.9 cm³/mol. The van der Waals surface area contributed by atoms with Gasteiger partial charge in [0.1, 0.15) is 0 Å². The highest BCUT2D eigenvalue weighted by Gasteiger charge is 2.39. The van der Waals surface area contributed by atoms with E-state index in [2.05, 4.69) is 24.5 Å². The van der Waals surface area contributed by atoms with Gasteiger partial charge < -0.3 is 15.5 Å². The first-order valence-corrected chi connectivity index (χ1v) is 7.71. The van der Waals surface area contributed by atoms with Crippen LogP contribution in [0.25, 0.3) is 0 Å². The monoisotopic (exact) mass is 299 g/mol. The van der Waals surface area contributed by atoms with Crippen LogP contribution in [0.2, 0.25) is 0 Å². The summed E-state index contributed by atoms with van der Waals surface area (Å²) in [5.74, 6) is 0.570. The molecule has 2 aliphatic rings. The van der Waals surface area contributed by atoms with Crippen LogP contribution in [-0.4, -0.2) is 29.9 Å². The quantitative estimate of drug-likeness (QED) is 0.895. The Hall–Kier alpha value is -2.30. The molecule has 1 aromatic rings. The van der Waals surface area contributed by atoms with Crippen molar-refractivity contribution in [3.05, 3.63) is 47.2 Å². The molecule has 0 saturated carbocycles. The topological polar surface area (TPSA) is 61.4 Å². The van der Waals surface area contributed by atoms with E-state index in [0.29, 0.717) is 18.0 Å². The minimum atomic E-state index is -0.360. The van der Waals surface area contributed by atoms with Crippen molar-refractivity contribution in [2.75, 3.05) is 13.1 Å². The largest absolute Gasteiger partial charge is 0.333 e. The summed E-state index contributed by atoms with van der Waals surface area (Å²) in [6, 6.07) is 9.02. The van der Waals surface area contributed by atoms with Crippen LogP contribution in [0.15, 0.2) is 41.6 Å². The molecule has 0 aromatic heterocycles. The fraction of sp³-hybridized carbons (Fsp3) is 0.412. The summed E-state index contributed by atoms with van der Waals surface area (Å²) in [4.78, 5) is 26.4. The molecule has 1 atom stereocenters. The Kier molecular flexibility index (Phi) is 3.88. The smallest absolute Gasteiger partial charge is 0.319 e. The molecule has 0 unspecified atom stereocenters. The predicted octanol–water partition coefficient (Wildman–Crippen LogP) is 2.18. The van der Waals surface area contributed by atoms with Gasteiger partial charge in [-0.1, -0.05) is 44.2 Å². The van der Waals surface area contributed by atoms with Gasteiger partial charge in [0.05, 0.1) is 23.9 Å². The van der Waals surface area contributed by atoms with Gasteiger partial charge in [-0.15, -0.1) is 0 Å². The van der Waals surface area contributed by atoms with Crippen molar-refractivity contribution in [1.29, 1.82) is 0 Å². The first kappa shape index (κ1) is 14.6. The first-order chi connectivity index (χ1) is 10.6. The highest BCUT2D eigenvalue weighted by Crippen LogP contribution is 2.32. The molecule has 0 radical (unpaired) electrons. The minimum Gasteiger partial charge on any atom is -0.333 e. The van der Waals surface area contributed by atoms with Crippen LogP contribution in [0.3, 0.4) is 0 Å². The number of hydrogen-bond donors (Lipinski definition) is 2. The van der Waals surface area contributed by atoms with Gasteiger partial charge in [0.25, 0.3) is 5.91 Å². The molecule has 0 spiro atoms. The maximum atomic E-state index is 12.7. The summed E-state index contributed by atoms with van der Waals surface area (Å²) in [6.45, 7) is 5.51. The Morgan fingerprint density at radius 3 is 2.64 bits per heavy atom. The van der Waals surface area contributed by atoms with Gasteiger partial charge in [-0.2, -0.15) is 0 Å². The maximum absolute atomic E-state index is 12.7. The third kappa shape index (κ3) is 2.71. The molecule has 2 aliphatic heterocycles. The number of benzene rings is 1. The SMILES string of the molecule is CC(C)CCN1CC2=C(C1=O)[C@@H](c1ccccc1)NC(=O)N2. The molecule has 0 saturated heterocycles. The zero-order valence-electron chi connectivity index (χ0n) is 12.9. The lowest BCUT2D eigenvalue weighted by Gasteiger charge is -2.25. The summed E-state index contributed by atoms with van der Waals surface area (Å²) in [7, 11) is 0. The number of urea groups is 1. The van der Waals surface area contributed by atoms with Crippen LogP contribution in [0.5, 0.6) is 0 Å². The van der Waals surface area contributed by atoms with Crippen molar-refractivity contribution in [3.63, 3.8) is 0 Å². The van der Waals surface area contributed by atoms with E-state index in [-0.39, 0.29) is 18.0 Å². The van der Waals surface area contributed by atoms with Crippen molar-refractivity contribution in [3.8, 4) is 0 Å². The van der Waals surface area contributed by atoms with E-state index >= 15 is 0 Å². The zero-order valence-corrected chi connectivity index (χ0v) is 12.9. The third-order valence-electron chi connectivity index (χ3n) is 4.13. The second-order valence-corrected chi connectivity index (χ2v) is 6.24. The van der Waals surface area contributed by atoms with Gasteiger partial charge in [-0.05, 0) is 17.9 Å². The molecule has 116 valence electrons. The number of amides is 3. The normalized spacial score (nSPS) is 21.0. The van der Waals surface area contributed by atoms with Gasteiger partial charge in [-0.3, -0.25) is 4.79 Å². The molecule has 5 nitrogen and oxygen atoms in total. The number of carbonyl (C=O) groups excluding carboxylic acids is 2. The van der Waals surface area contributed by atoms with Crippen LogP contribution >= 0.6 is 0 Å². The second-order valence-electron chi connectivity index (χ2n) is 6.24. The summed E-state index contributed by atoms with van der Waals surface area (Å²) in [5, 5.41) is 5.66. The maximum Gasteiger partial charge on any atom is 0.319 e. The van der Waals surface area contributed by atoms with Gasteiger partial charge in [-0.25, -0.2) is 4.79 Å². The van der Waals surface area contributed by atoms with E-state index in [4.69, 9.17) is 0 Å². The zero-order chi connectivity index (χ0) is 15.7. The van der Waals surface area contributed by atoms with Gasteiger partial charge in [0, 0.05) is 6.54 Å². The molecule has 3 amide bonds. The Morgan fingerprint density at radius 2 is 1.95 bits per heavy atom. The van der Waals surface area contributed by atoms with Crippen LogP contribution in [0.1, 0.15) is 31.9 Å². The Balaban J connectivity index is 1.86. The summed E-state index contributed by atoms with van der Waals surface area (Å²) < 4.78 is 0.